The van der Waals surface area contributed by atoms with Crippen LogP contribution in [0.2, 0.25) is 0 Å². The standard InChI is InChI=1S/C19H34N2O11/c1-4-5-29-18-13(21-9(3)25)16(28)17(11(7-23)31-18)32-19-12(20-8(2)24)15(27)14(26)10(6-22)30-19/h10-19,22-23,26-28H,4-7H2,1-3H3,(H,20,24)(H,21,25). The van der Waals surface area contributed by atoms with Gasteiger partial charge in [0.1, 0.15) is 48.7 Å². The number of hydrogen-bond donors (Lipinski definition) is 7. The molecule has 0 aliphatic carbocycles. The van der Waals surface area contributed by atoms with Crippen LogP contribution in [-0.4, -0.2) is 118 Å². The number of carbonyl (C=O) groups is 2. The Morgan fingerprint density at radius 2 is 1.38 bits per heavy atom. The molecule has 10 atom stereocenters. The Bertz CT molecular complexity index is 624. The molecule has 2 heterocycles. The number of rotatable bonds is 9. The largest absolute Gasteiger partial charge is 0.394 e. The Hall–Kier alpha value is -1.42. The number of carbonyl (C=O) groups excluding carboxylic acids is 2. The van der Waals surface area contributed by atoms with Gasteiger partial charge in [0, 0.05) is 20.5 Å². The van der Waals surface area contributed by atoms with Gasteiger partial charge in [-0.15, -0.1) is 0 Å². The summed E-state index contributed by atoms with van der Waals surface area (Å²) in [5, 5.41) is 55.8. The van der Waals surface area contributed by atoms with Gasteiger partial charge in [-0.2, -0.15) is 0 Å². The monoisotopic (exact) mass is 466 g/mol. The molecule has 32 heavy (non-hydrogen) atoms. The summed E-state index contributed by atoms with van der Waals surface area (Å²) in [5.41, 5.74) is 0. The highest BCUT2D eigenvalue weighted by Gasteiger charge is 2.51. The fraction of sp³-hybridized carbons (Fsp3) is 0.895. The summed E-state index contributed by atoms with van der Waals surface area (Å²) < 4.78 is 22.6. The van der Waals surface area contributed by atoms with Crippen LogP contribution in [0.4, 0.5) is 0 Å². The fourth-order valence-corrected chi connectivity index (χ4v) is 3.74. The zero-order chi connectivity index (χ0) is 24.0. The number of nitrogens with one attached hydrogen (secondary N) is 2. The van der Waals surface area contributed by atoms with E-state index in [2.05, 4.69) is 10.6 Å². The summed E-state index contributed by atoms with van der Waals surface area (Å²) in [7, 11) is 0. The van der Waals surface area contributed by atoms with E-state index in [0.29, 0.717) is 6.42 Å². The molecule has 0 aromatic heterocycles. The SMILES string of the molecule is CCCOC1OC(CO)C(OC2OC(CO)C(O)C(O)C2NC(C)=O)C(O)C1NC(C)=O. The van der Waals surface area contributed by atoms with Gasteiger partial charge in [-0.25, -0.2) is 0 Å². The normalized spacial score (nSPS) is 40.0. The van der Waals surface area contributed by atoms with Crippen molar-refractivity contribution < 1.29 is 54.1 Å². The Morgan fingerprint density at radius 1 is 0.844 bits per heavy atom. The second-order valence-corrected chi connectivity index (χ2v) is 7.85. The molecule has 13 nitrogen and oxygen atoms in total. The number of amides is 2. The zero-order valence-electron chi connectivity index (χ0n) is 18.3. The van der Waals surface area contributed by atoms with Crippen molar-refractivity contribution in [2.45, 2.75) is 88.5 Å². The molecule has 186 valence electrons. The van der Waals surface area contributed by atoms with Crippen LogP contribution in [0.5, 0.6) is 0 Å². The predicted molar refractivity (Wildman–Crippen MR) is 106 cm³/mol. The Kier molecular flexibility index (Phi) is 10.2. The van der Waals surface area contributed by atoms with E-state index in [9.17, 15) is 35.1 Å². The van der Waals surface area contributed by atoms with Crippen molar-refractivity contribution in [1.29, 1.82) is 0 Å². The van der Waals surface area contributed by atoms with Crippen LogP contribution in [-0.2, 0) is 28.5 Å². The average Bonchev–Trinajstić information content (AvgIpc) is 2.74. The van der Waals surface area contributed by atoms with E-state index in [1.54, 1.807) is 0 Å². The van der Waals surface area contributed by atoms with Crippen molar-refractivity contribution in [3.05, 3.63) is 0 Å². The molecule has 13 heteroatoms. The summed E-state index contributed by atoms with van der Waals surface area (Å²) in [6.07, 6.45) is -10.0. The minimum Gasteiger partial charge on any atom is -0.394 e. The van der Waals surface area contributed by atoms with Gasteiger partial charge in [0.2, 0.25) is 11.8 Å². The number of hydrogen-bond acceptors (Lipinski definition) is 11. The Balaban J connectivity index is 2.29. The van der Waals surface area contributed by atoms with E-state index in [-0.39, 0.29) is 6.61 Å². The molecule has 0 bridgehead atoms. The van der Waals surface area contributed by atoms with E-state index in [4.69, 9.17) is 18.9 Å². The smallest absolute Gasteiger partial charge is 0.217 e. The first-order chi connectivity index (χ1) is 15.1. The van der Waals surface area contributed by atoms with Crippen LogP contribution in [0.3, 0.4) is 0 Å². The van der Waals surface area contributed by atoms with E-state index in [1.165, 1.54) is 13.8 Å². The zero-order valence-corrected chi connectivity index (χ0v) is 18.3. The van der Waals surface area contributed by atoms with Gasteiger partial charge in [-0.05, 0) is 6.42 Å². The maximum absolute atomic E-state index is 11.7. The summed E-state index contributed by atoms with van der Waals surface area (Å²) in [4.78, 5) is 23.3. The lowest BCUT2D eigenvalue weighted by Gasteiger charge is -2.48. The number of aliphatic hydroxyl groups excluding tert-OH is 5. The molecule has 2 aliphatic rings. The lowest BCUT2D eigenvalue weighted by Crippen LogP contribution is -2.69. The van der Waals surface area contributed by atoms with E-state index < -0.39 is 86.3 Å². The van der Waals surface area contributed by atoms with Gasteiger partial charge < -0.3 is 55.1 Å². The first kappa shape index (κ1) is 26.8. The molecule has 0 aromatic rings. The molecule has 10 unspecified atom stereocenters. The lowest BCUT2D eigenvalue weighted by atomic mass is 9.94. The van der Waals surface area contributed by atoms with Gasteiger partial charge in [0.15, 0.2) is 12.6 Å². The molecule has 0 radical (unpaired) electrons. The van der Waals surface area contributed by atoms with Crippen molar-refractivity contribution >= 4 is 11.8 Å². The minimum absolute atomic E-state index is 0.274. The molecule has 2 aliphatic heterocycles. The van der Waals surface area contributed by atoms with E-state index >= 15 is 0 Å². The molecule has 0 aromatic carbocycles. The molecule has 0 spiro atoms. The molecule has 2 saturated heterocycles. The van der Waals surface area contributed by atoms with Crippen LogP contribution in [0.15, 0.2) is 0 Å². The summed E-state index contributed by atoms with van der Waals surface area (Å²) in [6, 6.07) is -2.32. The van der Waals surface area contributed by atoms with Gasteiger partial charge >= 0.3 is 0 Å². The second kappa shape index (κ2) is 12.2. The van der Waals surface area contributed by atoms with Crippen molar-refractivity contribution in [3.63, 3.8) is 0 Å². The van der Waals surface area contributed by atoms with E-state index in [0.717, 1.165) is 0 Å². The van der Waals surface area contributed by atoms with Crippen LogP contribution in [0.1, 0.15) is 27.2 Å². The average molecular weight is 466 g/mol. The fourth-order valence-electron chi connectivity index (χ4n) is 3.74. The summed E-state index contributed by atoms with van der Waals surface area (Å²) in [5.74, 6) is -1.02. The van der Waals surface area contributed by atoms with Gasteiger partial charge in [0.05, 0.1) is 13.2 Å². The van der Waals surface area contributed by atoms with Crippen LogP contribution < -0.4 is 10.6 Å². The lowest BCUT2D eigenvalue weighted by molar-refractivity contribution is -0.332. The van der Waals surface area contributed by atoms with Crippen molar-refractivity contribution in [2.24, 2.45) is 0 Å². The van der Waals surface area contributed by atoms with Crippen LogP contribution >= 0.6 is 0 Å². The minimum atomic E-state index is -1.56. The topological polar surface area (TPSA) is 196 Å². The molecule has 2 rings (SSSR count). The summed E-state index contributed by atoms with van der Waals surface area (Å²) in [6.45, 7) is 3.33. The van der Waals surface area contributed by atoms with Gasteiger partial charge in [-0.1, -0.05) is 6.92 Å². The first-order valence-corrected chi connectivity index (χ1v) is 10.5. The second-order valence-electron chi connectivity index (χ2n) is 7.85. The number of ether oxygens (including phenoxy) is 4. The van der Waals surface area contributed by atoms with Crippen LogP contribution in [0.25, 0.3) is 0 Å². The highest BCUT2D eigenvalue weighted by molar-refractivity contribution is 5.73. The van der Waals surface area contributed by atoms with E-state index in [1.807, 2.05) is 6.92 Å². The molecule has 2 fully saturated rings. The van der Waals surface area contributed by atoms with Crippen molar-refractivity contribution in [1.82, 2.24) is 10.6 Å². The van der Waals surface area contributed by atoms with Crippen molar-refractivity contribution in [3.8, 4) is 0 Å². The molecule has 0 saturated carbocycles. The van der Waals surface area contributed by atoms with Crippen molar-refractivity contribution in [2.75, 3.05) is 19.8 Å². The van der Waals surface area contributed by atoms with Gasteiger partial charge in [0.25, 0.3) is 0 Å². The number of aliphatic hydroxyl groups is 5. The third-order valence-electron chi connectivity index (χ3n) is 5.25. The molecular formula is C19H34N2O11. The maximum atomic E-state index is 11.7. The maximum Gasteiger partial charge on any atom is 0.217 e. The molecular weight excluding hydrogens is 432 g/mol. The summed E-state index contributed by atoms with van der Waals surface area (Å²) >= 11 is 0. The molecule has 2 amide bonds. The van der Waals surface area contributed by atoms with Crippen LogP contribution in [0, 0.1) is 0 Å². The Morgan fingerprint density at radius 3 is 1.88 bits per heavy atom. The highest BCUT2D eigenvalue weighted by Crippen LogP contribution is 2.29. The Labute approximate surface area is 185 Å². The quantitative estimate of drug-likeness (QED) is 0.177. The predicted octanol–water partition coefficient (Wildman–Crippen LogP) is -3.68. The van der Waals surface area contributed by atoms with Gasteiger partial charge in [-0.3, -0.25) is 9.59 Å². The third-order valence-corrected chi connectivity index (χ3v) is 5.25. The first-order valence-electron chi connectivity index (χ1n) is 10.5. The highest BCUT2D eigenvalue weighted by atomic mass is 16.7. The molecule has 7 N–H and O–H groups in total. The third kappa shape index (κ3) is 6.34.